The smallest absolute Gasteiger partial charge is 0.222 e. The predicted octanol–water partition coefficient (Wildman–Crippen LogP) is -2.00. The van der Waals surface area contributed by atoms with Crippen molar-refractivity contribution < 1.29 is 0 Å². The second kappa shape index (κ2) is 1.97. The summed E-state index contributed by atoms with van der Waals surface area (Å²) in [4.78, 5) is 3.92. The second-order valence-corrected chi connectivity index (χ2v) is 1.54. The van der Waals surface area contributed by atoms with Crippen molar-refractivity contribution in [2.45, 2.75) is 0 Å². The second-order valence-electron chi connectivity index (χ2n) is 1.54. The largest absolute Gasteiger partial charge is 0.293 e. The average molecular weight is 115 g/mol. The molecule has 5 nitrogen and oxygen atoms in total. The number of nitrogens with one attached hydrogen (secondary N) is 1. The Morgan fingerprint density at radius 3 is 2.75 bits per heavy atom. The Morgan fingerprint density at radius 1 is 1.75 bits per heavy atom. The van der Waals surface area contributed by atoms with Crippen LogP contribution < -0.4 is 17.1 Å². The van der Waals surface area contributed by atoms with E-state index in [0.717, 1.165) is 13.1 Å². The molecule has 0 radical (unpaired) electrons. The molecule has 0 atom stereocenters. The Kier molecular flexibility index (Phi) is 1.32. The highest BCUT2D eigenvalue weighted by Gasteiger charge is 2.09. The topological polar surface area (TPSA) is 79.7 Å². The summed E-state index contributed by atoms with van der Waals surface area (Å²) in [6.07, 6.45) is 0. The number of aliphatic imine (C=N–C) groups is 1. The zero-order valence-corrected chi connectivity index (χ0v) is 4.46. The Labute approximate surface area is 47.3 Å². The van der Waals surface area contributed by atoms with Crippen LogP contribution in [0.1, 0.15) is 0 Å². The highest BCUT2D eigenvalue weighted by molar-refractivity contribution is 5.80. The molecule has 0 bridgehead atoms. The zero-order valence-electron chi connectivity index (χ0n) is 4.46. The fourth-order valence-electron chi connectivity index (χ4n) is 0.589. The van der Waals surface area contributed by atoms with Crippen molar-refractivity contribution in [2.24, 2.45) is 16.7 Å². The minimum absolute atomic E-state index is 0.560. The number of guanidine groups is 1. The minimum atomic E-state index is 0.560. The summed E-state index contributed by atoms with van der Waals surface area (Å²) in [6, 6.07) is 0. The van der Waals surface area contributed by atoms with Gasteiger partial charge in [0.1, 0.15) is 0 Å². The van der Waals surface area contributed by atoms with Gasteiger partial charge < -0.3 is 0 Å². The Balaban J connectivity index is 2.49. The molecule has 0 aromatic carbocycles. The highest BCUT2D eigenvalue weighted by atomic mass is 15.5. The van der Waals surface area contributed by atoms with Crippen LogP contribution in [0.5, 0.6) is 0 Å². The molecule has 0 saturated heterocycles. The number of hydrogen-bond acceptors (Lipinski definition) is 5. The maximum absolute atomic E-state index is 5.35. The highest BCUT2D eigenvalue weighted by Crippen LogP contribution is 1.88. The molecule has 1 aliphatic rings. The summed E-state index contributed by atoms with van der Waals surface area (Å²) in [5.74, 6) is 10.9. The first-order valence-electron chi connectivity index (χ1n) is 2.38. The molecular weight excluding hydrogens is 106 g/mol. The number of rotatable bonds is 0. The lowest BCUT2D eigenvalue weighted by Gasteiger charge is -2.10. The summed E-state index contributed by atoms with van der Waals surface area (Å²) in [5.41, 5.74) is 2.36. The van der Waals surface area contributed by atoms with Crippen molar-refractivity contribution in [3.8, 4) is 0 Å². The van der Waals surface area contributed by atoms with Gasteiger partial charge in [-0.3, -0.25) is 10.4 Å². The van der Waals surface area contributed by atoms with Gasteiger partial charge in [0.15, 0.2) is 0 Å². The molecule has 0 aliphatic carbocycles. The normalized spacial score (nSPS) is 18.8. The van der Waals surface area contributed by atoms with E-state index in [9.17, 15) is 0 Å². The predicted molar refractivity (Wildman–Crippen MR) is 30.5 cm³/mol. The molecule has 5 heteroatoms. The Bertz CT molecular complexity index is 108. The van der Waals surface area contributed by atoms with Gasteiger partial charge in [0, 0.05) is 0 Å². The first-order chi connectivity index (χ1) is 3.84. The van der Waals surface area contributed by atoms with E-state index >= 15 is 0 Å². The van der Waals surface area contributed by atoms with Crippen LogP contribution in [0.15, 0.2) is 4.99 Å². The van der Waals surface area contributed by atoms with Gasteiger partial charge in [-0.1, -0.05) is 0 Å². The van der Waals surface area contributed by atoms with Crippen LogP contribution in [0.3, 0.4) is 0 Å². The van der Waals surface area contributed by atoms with Gasteiger partial charge >= 0.3 is 0 Å². The maximum Gasteiger partial charge on any atom is 0.222 e. The molecule has 0 spiro atoms. The van der Waals surface area contributed by atoms with Crippen molar-refractivity contribution in [1.29, 1.82) is 0 Å². The minimum Gasteiger partial charge on any atom is -0.293 e. The van der Waals surface area contributed by atoms with Crippen LogP contribution in [0.2, 0.25) is 0 Å². The van der Waals surface area contributed by atoms with Crippen molar-refractivity contribution in [3.63, 3.8) is 0 Å². The molecule has 1 heterocycles. The molecule has 0 fully saturated rings. The molecular formula is C3H9N5. The van der Waals surface area contributed by atoms with Gasteiger partial charge in [0.2, 0.25) is 5.96 Å². The van der Waals surface area contributed by atoms with E-state index in [4.69, 9.17) is 11.7 Å². The quantitative estimate of drug-likeness (QED) is 0.252. The molecule has 46 valence electrons. The standard InChI is InChI=1S/C3H9N5/c4-7-3-6-1-2-8(3)5/h1-2,4-5H2,(H,6,7). The van der Waals surface area contributed by atoms with Crippen molar-refractivity contribution in [1.82, 2.24) is 10.4 Å². The van der Waals surface area contributed by atoms with E-state index < -0.39 is 0 Å². The summed E-state index contributed by atoms with van der Waals surface area (Å²) in [6.45, 7) is 1.48. The first kappa shape index (κ1) is 5.33. The van der Waals surface area contributed by atoms with E-state index in [2.05, 4.69) is 10.4 Å². The third-order valence-corrected chi connectivity index (χ3v) is 1.00. The fraction of sp³-hybridized carbons (Fsp3) is 0.667. The van der Waals surface area contributed by atoms with Crippen molar-refractivity contribution >= 4 is 5.96 Å². The van der Waals surface area contributed by atoms with Crippen LogP contribution in [-0.2, 0) is 0 Å². The monoisotopic (exact) mass is 115 g/mol. The third kappa shape index (κ3) is 0.728. The van der Waals surface area contributed by atoms with Gasteiger partial charge in [-0.25, -0.2) is 16.7 Å². The molecule has 5 N–H and O–H groups in total. The number of nitrogens with zero attached hydrogens (tertiary/aromatic N) is 2. The molecule has 8 heavy (non-hydrogen) atoms. The molecule has 0 aromatic rings. The maximum atomic E-state index is 5.35. The van der Waals surface area contributed by atoms with E-state index in [1.54, 1.807) is 0 Å². The Hall–Kier alpha value is -0.810. The zero-order chi connectivity index (χ0) is 5.98. The van der Waals surface area contributed by atoms with Crippen LogP contribution in [-0.4, -0.2) is 24.1 Å². The number of hydrazine groups is 2. The van der Waals surface area contributed by atoms with E-state index in [1.807, 2.05) is 0 Å². The third-order valence-electron chi connectivity index (χ3n) is 1.00. The van der Waals surface area contributed by atoms with Crippen LogP contribution in [0, 0.1) is 0 Å². The Morgan fingerprint density at radius 2 is 2.50 bits per heavy atom. The van der Waals surface area contributed by atoms with E-state index in [0.29, 0.717) is 5.96 Å². The molecule has 0 amide bonds. The van der Waals surface area contributed by atoms with Crippen LogP contribution in [0.25, 0.3) is 0 Å². The van der Waals surface area contributed by atoms with Gasteiger partial charge in [0.25, 0.3) is 0 Å². The molecule has 1 rings (SSSR count). The lowest BCUT2D eigenvalue weighted by atomic mass is 10.7. The van der Waals surface area contributed by atoms with Gasteiger partial charge in [-0.15, -0.1) is 0 Å². The molecule has 0 unspecified atom stereocenters. The van der Waals surface area contributed by atoms with E-state index in [-0.39, 0.29) is 0 Å². The summed E-state index contributed by atoms with van der Waals surface area (Å²) >= 11 is 0. The molecule has 0 saturated carbocycles. The average Bonchev–Trinajstić information content (AvgIpc) is 2.14. The molecule has 1 aliphatic heterocycles. The van der Waals surface area contributed by atoms with Gasteiger partial charge in [-0.05, 0) is 0 Å². The number of nitrogens with two attached hydrogens (primary N) is 2. The van der Waals surface area contributed by atoms with Gasteiger partial charge in [-0.2, -0.15) is 0 Å². The molecule has 0 aromatic heterocycles. The lowest BCUT2D eigenvalue weighted by Crippen LogP contribution is -2.45. The van der Waals surface area contributed by atoms with Gasteiger partial charge in [0.05, 0.1) is 13.1 Å². The van der Waals surface area contributed by atoms with Crippen molar-refractivity contribution in [3.05, 3.63) is 0 Å². The van der Waals surface area contributed by atoms with Crippen molar-refractivity contribution in [2.75, 3.05) is 13.1 Å². The first-order valence-corrected chi connectivity index (χ1v) is 2.38. The number of hydrogen-bond donors (Lipinski definition) is 3. The lowest BCUT2D eigenvalue weighted by molar-refractivity contribution is 0.468. The van der Waals surface area contributed by atoms with Crippen LogP contribution >= 0.6 is 0 Å². The van der Waals surface area contributed by atoms with Crippen LogP contribution in [0.4, 0.5) is 0 Å². The summed E-state index contributed by atoms with van der Waals surface area (Å²) < 4.78 is 0. The SMILES string of the molecule is NNC1=NCCN1N. The fourth-order valence-corrected chi connectivity index (χ4v) is 0.589. The van der Waals surface area contributed by atoms with E-state index in [1.165, 1.54) is 5.01 Å². The summed E-state index contributed by atoms with van der Waals surface area (Å²) in [5, 5.41) is 1.47. The summed E-state index contributed by atoms with van der Waals surface area (Å²) in [7, 11) is 0.